The van der Waals surface area contributed by atoms with Crippen LogP contribution in [0, 0.1) is 11.8 Å². The average molecular weight is 264 g/mol. The molecule has 0 radical (unpaired) electrons. The molecule has 1 aliphatic carbocycles. The summed E-state index contributed by atoms with van der Waals surface area (Å²) in [7, 11) is 0. The van der Waals surface area contributed by atoms with Crippen LogP contribution in [0.2, 0.25) is 0 Å². The minimum absolute atomic E-state index is 0.301. The molecule has 7 heteroatoms. The molecule has 0 aromatic carbocycles. The van der Waals surface area contributed by atoms with Crippen LogP contribution in [0.3, 0.4) is 0 Å². The molecule has 0 aromatic heterocycles. The van der Waals surface area contributed by atoms with Gasteiger partial charge in [-0.2, -0.15) is 26.3 Å². The van der Waals surface area contributed by atoms with Crippen molar-refractivity contribution in [3.05, 3.63) is 0 Å². The summed E-state index contributed by atoms with van der Waals surface area (Å²) in [6.07, 6.45) is -9.58. The Balaban J connectivity index is 3.06. The number of alkyl halides is 6. The first kappa shape index (κ1) is 14.6. The van der Waals surface area contributed by atoms with Gasteiger partial charge in [0.2, 0.25) is 0 Å². The molecule has 0 aromatic rings. The second-order valence-corrected chi connectivity index (χ2v) is 4.60. The lowest BCUT2D eigenvalue weighted by atomic mass is 9.77. The van der Waals surface area contributed by atoms with Crippen LogP contribution in [0.1, 0.15) is 32.6 Å². The van der Waals surface area contributed by atoms with Crippen molar-refractivity contribution in [1.82, 2.24) is 0 Å². The molecular weight excluding hydrogens is 250 g/mol. The average Bonchev–Trinajstić information content (AvgIpc) is 2.64. The normalized spacial score (nSPS) is 21.9. The van der Waals surface area contributed by atoms with Gasteiger partial charge in [0.15, 0.2) is 0 Å². The summed E-state index contributed by atoms with van der Waals surface area (Å²) in [5.74, 6) is -2.60. The van der Waals surface area contributed by atoms with Crippen molar-refractivity contribution >= 4 is 0 Å². The highest BCUT2D eigenvalue weighted by Crippen LogP contribution is 2.51. The zero-order valence-electron chi connectivity index (χ0n) is 9.20. The predicted octanol–water partition coefficient (Wildman–Crippen LogP) is 3.67. The van der Waals surface area contributed by atoms with Crippen LogP contribution >= 0.6 is 0 Å². The van der Waals surface area contributed by atoms with Crippen LogP contribution in [0.25, 0.3) is 0 Å². The molecule has 1 nitrogen and oxygen atoms in total. The van der Waals surface area contributed by atoms with Gasteiger partial charge in [-0.1, -0.05) is 32.6 Å². The minimum Gasteiger partial charge on any atom is -0.373 e. The van der Waals surface area contributed by atoms with E-state index in [9.17, 15) is 26.3 Å². The van der Waals surface area contributed by atoms with Gasteiger partial charge in [-0.3, -0.25) is 0 Å². The Hall–Kier alpha value is -0.460. The standard InChI is InChI=1S/C10H14F6O/c1-6(7-4-2-3-5-7)8(17,9(11,12)13)10(14,15)16/h6-7,17H,2-5H2,1H3. The molecule has 0 spiro atoms. The quantitative estimate of drug-likeness (QED) is 0.754. The van der Waals surface area contributed by atoms with E-state index in [2.05, 4.69) is 0 Å². The smallest absolute Gasteiger partial charge is 0.373 e. The Morgan fingerprint density at radius 2 is 1.29 bits per heavy atom. The Bertz CT molecular complexity index is 249. The molecule has 1 aliphatic rings. The monoisotopic (exact) mass is 264 g/mol. The molecule has 0 amide bonds. The van der Waals surface area contributed by atoms with Crippen LogP contribution < -0.4 is 0 Å². The number of rotatable bonds is 2. The summed E-state index contributed by atoms with van der Waals surface area (Å²) in [5.41, 5.74) is -4.60. The van der Waals surface area contributed by atoms with Crippen LogP contribution in [-0.4, -0.2) is 23.1 Å². The van der Waals surface area contributed by atoms with Crippen molar-refractivity contribution in [1.29, 1.82) is 0 Å². The van der Waals surface area contributed by atoms with Gasteiger partial charge in [-0.05, 0) is 5.92 Å². The molecule has 1 fully saturated rings. The molecule has 0 saturated heterocycles. The van der Waals surface area contributed by atoms with Crippen molar-refractivity contribution in [2.75, 3.05) is 0 Å². The van der Waals surface area contributed by atoms with E-state index in [1.165, 1.54) is 0 Å². The molecule has 1 atom stereocenters. The number of aliphatic hydroxyl groups is 1. The fourth-order valence-electron chi connectivity index (χ4n) is 2.48. The van der Waals surface area contributed by atoms with Gasteiger partial charge in [-0.15, -0.1) is 0 Å². The molecule has 1 saturated carbocycles. The van der Waals surface area contributed by atoms with E-state index >= 15 is 0 Å². The van der Waals surface area contributed by atoms with Gasteiger partial charge in [0, 0.05) is 5.92 Å². The van der Waals surface area contributed by atoms with E-state index in [1.807, 2.05) is 0 Å². The van der Waals surface area contributed by atoms with E-state index in [4.69, 9.17) is 5.11 Å². The summed E-state index contributed by atoms with van der Waals surface area (Å²) in [5, 5.41) is 9.16. The third-order valence-electron chi connectivity index (χ3n) is 3.63. The molecule has 102 valence electrons. The largest absolute Gasteiger partial charge is 0.426 e. The van der Waals surface area contributed by atoms with Gasteiger partial charge in [0.05, 0.1) is 0 Å². The summed E-state index contributed by atoms with van der Waals surface area (Å²) in [6.45, 7) is 0.830. The van der Waals surface area contributed by atoms with Crippen LogP contribution in [0.15, 0.2) is 0 Å². The maximum atomic E-state index is 12.5. The Morgan fingerprint density at radius 3 is 1.59 bits per heavy atom. The lowest BCUT2D eigenvalue weighted by Gasteiger charge is -2.39. The van der Waals surface area contributed by atoms with Gasteiger partial charge in [0.1, 0.15) is 0 Å². The van der Waals surface area contributed by atoms with Gasteiger partial charge in [-0.25, -0.2) is 0 Å². The highest BCUT2D eigenvalue weighted by molar-refractivity contribution is 5.00. The van der Waals surface area contributed by atoms with E-state index in [-0.39, 0.29) is 0 Å². The first-order valence-corrected chi connectivity index (χ1v) is 5.37. The second kappa shape index (κ2) is 4.33. The summed E-state index contributed by atoms with van der Waals surface area (Å²) >= 11 is 0. The molecule has 0 heterocycles. The number of hydrogen-bond donors (Lipinski definition) is 1. The SMILES string of the molecule is CC(C1CCCC1)C(O)(C(F)(F)F)C(F)(F)F. The van der Waals surface area contributed by atoms with Crippen molar-refractivity contribution < 1.29 is 31.4 Å². The molecule has 17 heavy (non-hydrogen) atoms. The van der Waals surface area contributed by atoms with Crippen molar-refractivity contribution in [3.63, 3.8) is 0 Å². The lowest BCUT2D eigenvalue weighted by Crippen LogP contribution is -2.62. The summed E-state index contributed by atoms with van der Waals surface area (Å²) < 4.78 is 75.2. The maximum absolute atomic E-state index is 12.5. The highest BCUT2D eigenvalue weighted by Gasteiger charge is 2.73. The van der Waals surface area contributed by atoms with Crippen LogP contribution in [-0.2, 0) is 0 Å². The van der Waals surface area contributed by atoms with Crippen LogP contribution in [0.5, 0.6) is 0 Å². The number of hydrogen-bond acceptors (Lipinski definition) is 1. The Kier molecular flexibility index (Phi) is 3.72. The molecule has 1 rings (SSSR count). The van der Waals surface area contributed by atoms with Crippen molar-refractivity contribution in [2.45, 2.75) is 50.6 Å². The zero-order valence-corrected chi connectivity index (χ0v) is 9.20. The Morgan fingerprint density at radius 1 is 0.941 bits per heavy atom. The summed E-state index contributed by atoms with van der Waals surface area (Å²) in [4.78, 5) is 0. The van der Waals surface area contributed by atoms with E-state index in [0.29, 0.717) is 25.7 Å². The second-order valence-electron chi connectivity index (χ2n) is 4.60. The summed E-state index contributed by atoms with van der Waals surface area (Å²) in [6, 6.07) is 0. The van der Waals surface area contributed by atoms with E-state index in [1.54, 1.807) is 0 Å². The van der Waals surface area contributed by atoms with Gasteiger partial charge in [0.25, 0.3) is 5.60 Å². The maximum Gasteiger partial charge on any atom is 0.426 e. The topological polar surface area (TPSA) is 20.2 Å². The van der Waals surface area contributed by atoms with Crippen molar-refractivity contribution in [2.24, 2.45) is 11.8 Å². The minimum atomic E-state index is -5.70. The Labute approximate surface area is 94.8 Å². The van der Waals surface area contributed by atoms with E-state index < -0.39 is 29.8 Å². The zero-order chi connectivity index (χ0) is 13.5. The number of halogens is 6. The first-order valence-electron chi connectivity index (χ1n) is 5.37. The third kappa shape index (κ3) is 2.39. The fourth-order valence-corrected chi connectivity index (χ4v) is 2.48. The van der Waals surface area contributed by atoms with Crippen molar-refractivity contribution in [3.8, 4) is 0 Å². The fraction of sp³-hybridized carbons (Fsp3) is 1.00. The predicted molar refractivity (Wildman–Crippen MR) is 48.2 cm³/mol. The molecule has 0 aliphatic heterocycles. The lowest BCUT2D eigenvalue weighted by molar-refractivity contribution is -0.387. The van der Waals surface area contributed by atoms with Crippen LogP contribution in [0.4, 0.5) is 26.3 Å². The third-order valence-corrected chi connectivity index (χ3v) is 3.63. The molecule has 0 bridgehead atoms. The molecular formula is C10H14F6O. The molecule has 1 N–H and O–H groups in total. The highest BCUT2D eigenvalue weighted by atomic mass is 19.4. The molecule has 1 unspecified atom stereocenters. The van der Waals surface area contributed by atoms with Gasteiger partial charge >= 0.3 is 12.4 Å². The first-order chi connectivity index (χ1) is 7.52. The van der Waals surface area contributed by atoms with Gasteiger partial charge < -0.3 is 5.11 Å². The van der Waals surface area contributed by atoms with E-state index in [0.717, 1.165) is 6.92 Å².